The fraction of sp³-hybridized carbons (Fsp3) is 1.00. The topological polar surface area (TPSA) is 29.5 Å². The molecule has 0 bridgehead atoms. The highest BCUT2D eigenvalue weighted by atomic mass is 19.4. The van der Waals surface area contributed by atoms with E-state index in [1.165, 1.54) is 0 Å². The maximum Gasteiger partial charge on any atom is 0.391 e. The number of hydrogen-bond donors (Lipinski definition) is 1. The van der Waals surface area contributed by atoms with Gasteiger partial charge in [-0.25, -0.2) is 0 Å². The molecule has 0 unspecified atom stereocenters. The van der Waals surface area contributed by atoms with E-state index in [9.17, 15) is 18.3 Å². The molecule has 1 N–H and O–H groups in total. The number of aliphatic hydroxyl groups is 1. The minimum absolute atomic E-state index is 0.0241. The van der Waals surface area contributed by atoms with Gasteiger partial charge in [-0.15, -0.1) is 0 Å². The Morgan fingerprint density at radius 1 is 1.25 bits per heavy atom. The number of halogens is 3. The van der Waals surface area contributed by atoms with Crippen molar-refractivity contribution < 1.29 is 23.0 Å². The van der Waals surface area contributed by atoms with Gasteiger partial charge in [-0.3, -0.25) is 0 Å². The molecule has 5 heteroatoms. The molecule has 94 valence electrons. The van der Waals surface area contributed by atoms with Crippen molar-refractivity contribution in [3.8, 4) is 0 Å². The molecule has 0 aromatic carbocycles. The van der Waals surface area contributed by atoms with Crippen molar-refractivity contribution in [3.05, 3.63) is 0 Å². The zero-order chi connectivity index (χ0) is 11.9. The van der Waals surface area contributed by atoms with E-state index in [4.69, 9.17) is 4.74 Å². The maximum atomic E-state index is 12.7. The Balaban J connectivity index is 2.10. The SMILES string of the molecule is C[C@@H]1C[C@@H]2[C@H](CO)C[C@@H](C(F)(F)F)C[C@H]2O1. The second-order valence-electron chi connectivity index (χ2n) is 5.04. The Morgan fingerprint density at radius 2 is 1.94 bits per heavy atom. The first-order chi connectivity index (χ1) is 7.41. The number of fused-ring (bicyclic) bond motifs is 1. The van der Waals surface area contributed by atoms with Gasteiger partial charge in [-0.1, -0.05) is 0 Å². The molecule has 16 heavy (non-hydrogen) atoms. The molecule has 0 spiro atoms. The van der Waals surface area contributed by atoms with Gasteiger partial charge in [-0.2, -0.15) is 13.2 Å². The van der Waals surface area contributed by atoms with Crippen molar-refractivity contribution in [2.45, 2.75) is 44.6 Å². The van der Waals surface area contributed by atoms with Crippen LogP contribution in [0, 0.1) is 17.8 Å². The van der Waals surface area contributed by atoms with E-state index in [2.05, 4.69) is 0 Å². The van der Waals surface area contributed by atoms with Crippen molar-refractivity contribution in [1.82, 2.24) is 0 Å². The highest BCUT2D eigenvalue weighted by molar-refractivity contribution is 4.93. The Kier molecular flexibility index (Phi) is 3.18. The molecule has 0 radical (unpaired) electrons. The summed E-state index contributed by atoms with van der Waals surface area (Å²) in [7, 11) is 0. The summed E-state index contributed by atoms with van der Waals surface area (Å²) in [5.41, 5.74) is 0. The molecule has 1 saturated carbocycles. The summed E-state index contributed by atoms with van der Waals surface area (Å²) in [6.07, 6.45) is -3.55. The average Bonchev–Trinajstić information content (AvgIpc) is 2.54. The van der Waals surface area contributed by atoms with Gasteiger partial charge < -0.3 is 9.84 Å². The summed E-state index contributed by atoms with van der Waals surface area (Å²) in [6.45, 7) is 1.72. The van der Waals surface area contributed by atoms with Crippen LogP contribution in [0.4, 0.5) is 13.2 Å². The van der Waals surface area contributed by atoms with Crippen LogP contribution < -0.4 is 0 Å². The van der Waals surface area contributed by atoms with Crippen LogP contribution in [0.15, 0.2) is 0 Å². The van der Waals surface area contributed by atoms with Gasteiger partial charge in [0.15, 0.2) is 0 Å². The number of hydrogen-bond acceptors (Lipinski definition) is 2. The zero-order valence-corrected chi connectivity index (χ0v) is 9.20. The minimum Gasteiger partial charge on any atom is -0.396 e. The average molecular weight is 238 g/mol. The summed E-state index contributed by atoms with van der Waals surface area (Å²) in [6, 6.07) is 0. The van der Waals surface area contributed by atoms with E-state index >= 15 is 0 Å². The zero-order valence-electron chi connectivity index (χ0n) is 9.20. The van der Waals surface area contributed by atoms with Crippen molar-refractivity contribution in [3.63, 3.8) is 0 Å². The second-order valence-corrected chi connectivity index (χ2v) is 5.04. The number of ether oxygens (including phenoxy) is 1. The summed E-state index contributed by atoms with van der Waals surface area (Å²) in [5, 5.41) is 9.18. The fourth-order valence-electron chi connectivity index (χ4n) is 3.11. The third-order valence-corrected chi connectivity index (χ3v) is 3.90. The van der Waals surface area contributed by atoms with E-state index in [0.29, 0.717) is 0 Å². The number of rotatable bonds is 1. The van der Waals surface area contributed by atoms with E-state index in [1.807, 2.05) is 6.92 Å². The Bertz CT molecular complexity index is 246. The predicted octanol–water partition coefficient (Wildman–Crippen LogP) is 2.36. The van der Waals surface area contributed by atoms with Crippen LogP contribution >= 0.6 is 0 Å². The van der Waals surface area contributed by atoms with Gasteiger partial charge >= 0.3 is 6.18 Å². The van der Waals surface area contributed by atoms with Crippen LogP contribution in [0.2, 0.25) is 0 Å². The Hall–Kier alpha value is -0.290. The first-order valence-corrected chi connectivity index (χ1v) is 5.75. The van der Waals surface area contributed by atoms with Crippen molar-refractivity contribution in [2.75, 3.05) is 6.61 Å². The summed E-state index contributed by atoms with van der Waals surface area (Å²) in [5.74, 6) is -1.45. The first kappa shape index (κ1) is 12.2. The summed E-state index contributed by atoms with van der Waals surface area (Å²) < 4.78 is 43.5. The second kappa shape index (κ2) is 4.18. The van der Waals surface area contributed by atoms with Crippen LogP contribution in [-0.2, 0) is 4.74 Å². The molecule has 1 saturated heterocycles. The molecule has 5 atom stereocenters. The molecular formula is C11H17F3O2. The number of aliphatic hydroxyl groups excluding tert-OH is 1. The van der Waals surface area contributed by atoms with Crippen LogP contribution in [0.3, 0.4) is 0 Å². The van der Waals surface area contributed by atoms with Crippen molar-refractivity contribution >= 4 is 0 Å². The molecule has 0 aromatic rings. The lowest BCUT2D eigenvalue weighted by Crippen LogP contribution is -2.40. The molecule has 1 aliphatic carbocycles. The lowest BCUT2D eigenvalue weighted by atomic mass is 9.72. The predicted molar refractivity (Wildman–Crippen MR) is 51.8 cm³/mol. The molecule has 1 heterocycles. The molecule has 0 amide bonds. The largest absolute Gasteiger partial charge is 0.396 e. The van der Waals surface area contributed by atoms with Gasteiger partial charge in [-0.05, 0) is 38.0 Å². The van der Waals surface area contributed by atoms with Crippen LogP contribution in [0.5, 0.6) is 0 Å². The lowest BCUT2D eigenvalue weighted by molar-refractivity contribution is -0.200. The maximum absolute atomic E-state index is 12.7. The standard InChI is InChI=1S/C11H17F3O2/c1-6-2-9-7(5-15)3-8(11(12,13)14)4-10(9)16-6/h6-10,15H,2-5H2,1H3/t6-,7+,8-,9-,10-/m1/s1. The van der Waals surface area contributed by atoms with Gasteiger partial charge in [0.1, 0.15) is 0 Å². The smallest absolute Gasteiger partial charge is 0.391 e. The highest BCUT2D eigenvalue weighted by Gasteiger charge is 2.51. The van der Waals surface area contributed by atoms with E-state index < -0.39 is 12.1 Å². The lowest BCUT2D eigenvalue weighted by Gasteiger charge is -2.37. The molecule has 1 aliphatic heterocycles. The van der Waals surface area contributed by atoms with Gasteiger partial charge in [0.05, 0.1) is 18.1 Å². The van der Waals surface area contributed by atoms with Crippen LogP contribution in [0.25, 0.3) is 0 Å². The first-order valence-electron chi connectivity index (χ1n) is 5.75. The highest BCUT2D eigenvalue weighted by Crippen LogP contribution is 2.47. The molecule has 2 rings (SSSR count). The van der Waals surface area contributed by atoms with Crippen molar-refractivity contribution in [2.24, 2.45) is 17.8 Å². The quantitative estimate of drug-likeness (QED) is 0.760. The molecule has 2 aliphatic rings. The van der Waals surface area contributed by atoms with E-state index in [0.717, 1.165) is 6.42 Å². The molecule has 2 fully saturated rings. The van der Waals surface area contributed by atoms with Crippen LogP contribution in [0.1, 0.15) is 26.2 Å². The third kappa shape index (κ3) is 2.20. The summed E-state index contributed by atoms with van der Waals surface area (Å²) >= 11 is 0. The van der Waals surface area contributed by atoms with Gasteiger partial charge in [0.2, 0.25) is 0 Å². The monoisotopic (exact) mass is 238 g/mol. The third-order valence-electron chi connectivity index (χ3n) is 3.90. The molecule has 2 nitrogen and oxygen atoms in total. The Morgan fingerprint density at radius 3 is 2.50 bits per heavy atom. The van der Waals surface area contributed by atoms with Gasteiger partial charge in [0, 0.05) is 6.61 Å². The minimum atomic E-state index is -4.16. The van der Waals surface area contributed by atoms with Crippen LogP contribution in [-0.4, -0.2) is 30.1 Å². The van der Waals surface area contributed by atoms with Gasteiger partial charge in [0.25, 0.3) is 0 Å². The van der Waals surface area contributed by atoms with E-state index in [1.54, 1.807) is 0 Å². The fourth-order valence-corrected chi connectivity index (χ4v) is 3.11. The molecule has 0 aromatic heterocycles. The normalized spacial score (nSPS) is 44.4. The Labute approximate surface area is 92.8 Å². The molecular weight excluding hydrogens is 221 g/mol. The van der Waals surface area contributed by atoms with Crippen molar-refractivity contribution in [1.29, 1.82) is 0 Å². The van der Waals surface area contributed by atoms with E-state index in [-0.39, 0.29) is 43.5 Å². The number of alkyl halides is 3. The summed E-state index contributed by atoms with van der Waals surface area (Å²) in [4.78, 5) is 0.